The summed E-state index contributed by atoms with van der Waals surface area (Å²) in [5.41, 5.74) is 3.45. The highest BCUT2D eigenvalue weighted by atomic mass is 79.9. The molecule has 4 heteroatoms. The van der Waals surface area contributed by atoms with E-state index >= 15 is 0 Å². The summed E-state index contributed by atoms with van der Waals surface area (Å²) in [6.45, 7) is 9.69. The summed E-state index contributed by atoms with van der Waals surface area (Å²) in [5, 5.41) is 0. The lowest BCUT2D eigenvalue weighted by Gasteiger charge is -2.33. The lowest BCUT2D eigenvalue weighted by Crippen LogP contribution is -2.35. The quantitative estimate of drug-likeness (QED) is 0.781. The maximum atomic E-state index is 5.49. The van der Waals surface area contributed by atoms with Crippen LogP contribution in [0.15, 0.2) is 6.20 Å². The van der Waals surface area contributed by atoms with Gasteiger partial charge in [0.1, 0.15) is 5.75 Å². The summed E-state index contributed by atoms with van der Waals surface area (Å²) in [6, 6.07) is 0. The Hall–Kier alpha value is -0.610. The monoisotopic (exact) mass is 340 g/mol. The van der Waals surface area contributed by atoms with Gasteiger partial charge in [-0.15, -0.1) is 0 Å². The van der Waals surface area contributed by atoms with Crippen molar-refractivity contribution in [3.63, 3.8) is 0 Å². The highest BCUT2D eigenvalue weighted by molar-refractivity contribution is 9.09. The molecular weight excluding hydrogens is 316 g/mol. The fourth-order valence-corrected chi connectivity index (χ4v) is 3.54. The summed E-state index contributed by atoms with van der Waals surface area (Å²) in [5.74, 6) is 1.80. The van der Waals surface area contributed by atoms with Gasteiger partial charge in [0.2, 0.25) is 0 Å². The molecule has 2 heterocycles. The number of likely N-dealkylation sites (tertiary alicyclic amines) is 1. The van der Waals surface area contributed by atoms with E-state index in [1.165, 1.54) is 18.4 Å². The number of nitrogens with zero attached hydrogens (tertiary/aromatic N) is 2. The number of hydrogen-bond acceptors (Lipinski definition) is 3. The van der Waals surface area contributed by atoms with Gasteiger partial charge in [-0.2, -0.15) is 0 Å². The molecule has 1 saturated heterocycles. The van der Waals surface area contributed by atoms with Crippen LogP contribution >= 0.6 is 15.9 Å². The Morgan fingerprint density at radius 2 is 2.05 bits per heavy atom. The Morgan fingerprint density at radius 1 is 1.40 bits per heavy atom. The van der Waals surface area contributed by atoms with Crippen LogP contribution in [0.2, 0.25) is 0 Å². The SMILES string of the molecule is COc1c(C)cnc(CN2CCC(C(C)Br)CC2)c1C. The van der Waals surface area contributed by atoms with Crippen LogP contribution in [0.5, 0.6) is 5.75 Å². The van der Waals surface area contributed by atoms with Crippen LogP contribution in [0.4, 0.5) is 0 Å². The third kappa shape index (κ3) is 3.53. The number of aromatic nitrogens is 1. The van der Waals surface area contributed by atoms with Crippen molar-refractivity contribution in [1.82, 2.24) is 9.88 Å². The van der Waals surface area contributed by atoms with Crippen molar-refractivity contribution in [2.45, 2.75) is 45.0 Å². The minimum Gasteiger partial charge on any atom is -0.496 e. The molecule has 1 aromatic heterocycles. The van der Waals surface area contributed by atoms with Crippen LogP contribution in [0.25, 0.3) is 0 Å². The van der Waals surface area contributed by atoms with Gasteiger partial charge in [-0.1, -0.05) is 22.9 Å². The second-order valence-corrected chi connectivity index (χ2v) is 7.28. The molecule has 1 atom stereocenters. The zero-order valence-electron chi connectivity index (χ0n) is 12.9. The number of alkyl halides is 1. The molecule has 1 fully saturated rings. The van der Waals surface area contributed by atoms with Gasteiger partial charge < -0.3 is 4.74 Å². The predicted molar refractivity (Wildman–Crippen MR) is 86.7 cm³/mol. The number of piperidine rings is 1. The molecule has 3 nitrogen and oxygen atoms in total. The molecule has 0 aromatic carbocycles. The second-order valence-electron chi connectivity index (χ2n) is 5.84. The zero-order chi connectivity index (χ0) is 14.7. The highest BCUT2D eigenvalue weighted by Crippen LogP contribution is 2.28. The van der Waals surface area contributed by atoms with Crippen LogP contribution < -0.4 is 4.74 Å². The summed E-state index contributed by atoms with van der Waals surface area (Å²) >= 11 is 3.71. The first-order valence-electron chi connectivity index (χ1n) is 7.38. The molecule has 1 aliphatic heterocycles. The van der Waals surface area contributed by atoms with Crippen LogP contribution in [0.3, 0.4) is 0 Å². The van der Waals surface area contributed by atoms with Gasteiger partial charge in [-0.3, -0.25) is 9.88 Å². The number of halogens is 1. The van der Waals surface area contributed by atoms with Gasteiger partial charge in [0.05, 0.1) is 12.8 Å². The van der Waals surface area contributed by atoms with Crippen molar-refractivity contribution in [1.29, 1.82) is 0 Å². The number of hydrogen-bond donors (Lipinski definition) is 0. The van der Waals surface area contributed by atoms with Gasteiger partial charge in [0, 0.05) is 28.7 Å². The maximum absolute atomic E-state index is 5.49. The van der Waals surface area contributed by atoms with Crippen LogP contribution in [-0.2, 0) is 6.54 Å². The van der Waals surface area contributed by atoms with Gasteiger partial charge in [0.25, 0.3) is 0 Å². The van der Waals surface area contributed by atoms with Crippen molar-refractivity contribution in [2.75, 3.05) is 20.2 Å². The Bertz CT molecular complexity index is 454. The minimum atomic E-state index is 0.629. The van der Waals surface area contributed by atoms with Crippen molar-refractivity contribution in [2.24, 2.45) is 5.92 Å². The third-order valence-corrected chi connectivity index (χ3v) is 5.15. The van der Waals surface area contributed by atoms with Gasteiger partial charge in [-0.05, 0) is 45.7 Å². The molecule has 1 aromatic rings. The molecule has 0 saturated carbocycles. The predicted octanol–water partition coefficient (Wildman–Crippen LogP) is 3.70. The summed E-state index contributed by atoms with van der Waals surface area (Å²) in [7, 11) is 1.74. The Morgan fingerprint density at radius 3 is 2.60 bits per heavy atom. The van der Waals surface area contributed by atoms with E-state index in [9.17, 15) is 0 Å². The van der Waals surface area contributed by atoms with E-state index in [0.717, 1.165) is 42.6 Å². The fraction of sp³-hybridized carbons (Fsp3) is 0.688. The molecule has 0 aliphatic carbocycles. The van der Waals surface area contributed by atoms with Crippen molar-refractivity contribution in [3.05, 3.63) is 23.0 Å². The smallest absolute Gasteiger partial charge is 0.128 e. The topological polar surface area (TPSA) is 25.4 Å². The summed E-state index contributed by atoms with van der Waals surface area (Å²) in [6.07, 6.45) is 4.47. The normalized spacial score (nSPS) is 19.1. The van der Waals surface area contributed by atoms with Crippen molar-refractivity contribution < 1.29 is 4.74 Å². The molecule has 0 radical (unpaired) electrons. The molecule has 0 amide bonds. The van der Waals surface area contributed by atoms with Crippen LogP contribution in [0.1, 0.15) is 36.6 Å². The maximum Gasteiger partial charge on any atom is 0.128 e. The Kier molecular flexibility index (Phi) is 5.44. The minimum absolute atomic E-state index is 0.629. The van der Waals surface area contributed by atoms with Gasteiger partial charge in [0.15, 0.2) is 0 Å². The van der Waals surface area contributed by atoms with Gasteiger partial charge in [-0.25, -0.2) is 0 Å². The van der Waals surface area contributed by atoms with Crippen LogP contribution in [-0.4, -0.2) is 34.9 Å². The lowest BCUT2D eigenvalue weighted by atomic mass is 9.94. The third-order valence-electron chi connectivity index (χ3n) is 4.40. The lowest BCUT2D eigenvalue weighted by molar-refractivity contribution is 0.176. The Labute approximate surface area is 130 Å². The van der Waals surface area contributed by atoms with E-state index < -0.39 is 0 Å². The second kappa shape index (κ2) is 6.90. The summed E-state index contributed by atoms with van der Waals surface area (Å²) in [4.78, 5) is 7.74. The molecular formula is C16H25BrN2O. The van der Waals surface area contributed by atoms with Crippen molar-refractivity contribution >= 4 is 15.9 Å². The number of ether oxygens (including phenoxy) is 1. The standard InChI is InChI=1S/C16H25BrN2O/c1-11-9-18-15(12(2)16(11)20-4)10-19-7-5-14(6-8-19)13(3)17/h9,13-14H,5-8,10H2,1-4H3. The average molecular weight is 341 g/mol. The largest absolute Gasteiger partial charge is 0.496 e. The van der Waals surface area contributed by atoms with E-state index in [0.29, 0.717) is 4.83 Å². The molecule has 0 N–H and O–H groups in total. The molecule has 2 rings (SSSR count). The molecule has 0 bridgehead atoms. The van der Waals surface area contributed by atoms with Crippen molar-refractivity contribution in [3.8, 4) is 5.75 Å². The molecule has 0 spiro atoms. The first-order valence-corrected chi connectivity index (χ1v) is 8.30. The van der Waals surface area contributed by atoms with E-state index in [2.05, 4.69) is 39.7 Å². The highest BCUT2D eigenvalue weighted by Gasteiger charge is 2.23. The number of methoxy groups -OCH3 is 1. The van der Waals surface area contributed by atoms with E-state index in [1.807, 2.05) is 13.1 Å². The number of pyridine rings is 1. The van der Waals surface area contributed by atoms with E-state index in [4.69, 9.17) is 4.74 Å². The number of rotatable bonds is 4. The molecule has 20 heavy (non-hydrogen) atoms. The fourth-order valence-electron chi connectivity index (χ4n) is 3.01. The first kappa shape index (κ1) is 15.8. The molecule has 112 valence electrons. The van der Waals surface area contributed by atoms with E-state index in [1.54, 1.807) is 7.11 Å². The first-order chi connectivity index (χ1) is 9.52. The van der Waals surface area contributed by atoms with Crippen LogP contribution in [0, 0.1) is 19.8 Å². The zero-order valence-corrected chi connectivity index (χ0v) is 14.5. The average Bonchev–Trinajstić information content (AvgIpc) is 2.43. The van der Waals surface area contributed by atoms with Gasteiger partial charge >= 0.3 is 0 Å². The number of aryl methyl sites for hydroxylation is 1. The summed E-state index contributed by atoms with van der Waals surface area (Å²) < 4.78 is 5.49. The van der Waals surface area contributed by atoms with E-state index in [-0.39, 0.29) is 0 Å². The molecule has 1 aliphatic rings. The Balaban J connectivity index is 2.01. The molecule has 1 unspecified atom stereocenters.